The molecule has 7 nitrogen and oxygen atoms in total. The first kappa shape index (κ1) is 17.8. The summed E-state index contributed by atoms with van der Waals surface area (Å²) in [5.41, 5.74) is 0.728. The van der Waals surface area contributed by atoms with Gasteiger partial charge in [-0.05, 0) is 25.0 Å². The van der Waals surface area contributed by atoms with Crippen molar-refractivity contribution < 1.29 is 22.7 Å². The molecular weight excluding hydrogens is 376 g/mol. The van der Waals surface area contributed by atoms with Crippen LogP contribution in [0.25, 0.3) is 0 Å². The minimum Gasteiger partial charge on any atom is -0.495 e. The number of benzene rings is 1. The molecule has 3 aliphatic rings. The van der Waals surface area contributed by atoms with E-state index in [1.807, 2.05) is 29.2 Å². The van der Waals surface area contributed by atoms with Crippen LogP contribution in [-0.4, -0.2) is 62.1 Å². The number of amides is 1. The highest BCUT2D eigenvalue weighted by Crippen LogP contribution is 2.43. The van der Waals surface area contributed by atoms with Crippen LogP contribution in [0, 0.1) is 0 Å². The molecule has 1 aromatic rings. The van der Waals surface area contributed by atoms with E-state index in [-0.39, 0.29) is 28.7 Å². The Bertz CT molecular complexity index is 848. The molecule has 3 saturated heterocycles. The Morgan fingerprint density at radius 3 is 2.88 bits per heavy atom. The maximum Gasteiger partial charge on any atom is 0.277 e. The van der Waals surface area contributed by atoms with E-state index in [2.05, 4.69) is 4.99 Å². The molecule has 0 spiro atoms. The molecule has 0 radical (unpaired) electrons. The molecule has 140 valence electrons. The smallest absolute Gasteiger partial charge is 0.277 e. The van der Waals surface area contributed by atoms with E-state index in [1.54, 1.807) is 7.11 Å². The third-order valence-electron chi connectivity index (χ3n) is 4.82. The van der Waals surface area contributed by atoms with E-state index in [0.717, 1.165) is 12.1 Å². The van der Waals surface area contributed by atoms with Gasteiger partial charge in [0, 0.05) is 11.9 Å². The van der Waals surface area contributed by atoms with Crippen molar-refractivity contribution in [3.63, 3.8) is 0 Å². The lowest BCUT2D eigenvalue weighted by atomic mass is 10.2. The third kappa shape index (κ3) is 3.23. The number of ether oxygens (including phenoxy) is 2. The Labute approximate surface area is 156 Å². The van der Waals surface area contributed by atoms with Crippen LogP contribution < -0.4 is 9.64 Å². The number of fused-ring (bicyclic) bond motifs is 1. The lowest BCUT2D eigenvalue weighted by Gasteiger charge is -2.26. The van der Waals surface area contributed by atoms with Gasteiger partial charge >= 0.3 is 0 Å². The summed E-state index contributed by atoms with van der Waals surface area (Å²) in [6.07, 6.45) is 1.04. The fraction of sp³-hybridized carbons (Fsp3) is 0.529. The van der Waals surface area contributed by atoms with Gasteiger partial charge in [0.25, 0.3) is 5.91 Å². The van der Waals surface area contributed by atoms with E-state index < -0.39 is 15.9 Å². The number of sulfone groups is 1. The van der Waals surface area contributed by atoms with Crippen molar-refractivity contribution in [1.29, 1.82) is 0 Å². The molecule has 0 aliphatic carbocycles. The standard InChI is InChI=1S/C17H20N2O5S2/c1-23-13-6-3-2-5-11(13)19-12-9-26(21,22)10-15(12)25-17(19)18-16(20)14-7-4-8-24-14/h2-3,5-6,12,14-15H,4,7-10H2,1H3/t12-,14-,15-/m0/s1. The van der Waals surface area contributed by atoms with Crippen LogP contribution in [0.3, 0.4) is 0 Å². The molecule has 4 rings (SSSR count). The first-order chi connectivity index (χ1) is 12.5. The average molecular weight is 396 g/mol. The molecule has 9 heteroatoms. The van der Waals surface area contributed by atoms with Gasteiger partial charge in [0.1, 0.15) is 11.9 Å². The van der Waals surface area contributed by atoms with Gasteiger partial charge in [0.15, 0.2) is 15.0 Å². The first-order valence-electron chi connectivity index (χ1n) is 8.52. The highest BCUT2D eigenvalue weighted by atomic mass is 32.2. The number of carbonyl (C=O) groups excluding carboxylic acids is 1. The summed E-state index contributed by atoms with van der Waals surface area (Å²) >= 11 is 1.36. The summed E-state index contributed by atoms with van der Waals surface area (Å²) in [4.78, 5) is 18.6. The number of hydrogen-bond acceptors (Lipinski definition) is 6. The zero-order valence-electron chi connectivity index (χ0n) is 14.3. The van der Waals surface area contributed by atoms with Crippen molar-refractivity contribution in [2.75, 3.05) is 30.1 Å². The normalized spacial score (nSPS) is 31.3. The summed E-state index contributed by atoms with van der Waals surface area (Å²) in [5, 5.41) is 0.390. The van der Waals surface area contributed by atoms with Gasteiger partial charge in [-0.2, -0.15) is 4.99 Å². The van der Waals surface area contributed by atoms with Gasteiger partial charge in [-0.1, -0.05) is 23.9 Å². The number of methoxy groups -OCH3 is 1. The fourth-order valence-corrected chi connectivity index (χ4v) is 7.53. The quantitative estimate of drug-likeness (QED) is 0.765. The molecule has 1 aromatic carbocycles. The zero-order chi connectivity index (χ0) is 18.3. The fourth-order valence-electron chi connectivity index (χ4n) is 3.61. The Kier molecular flexibility index (Phi) is 4.70. The van der Waals surface area contributed by atoms with Crippen molar-refractivity contribution in [2.24, 2.45) is 4.99 Å². The number of carbonyl (C=O) groups is 1. The molecule has 0 saturated carbocycles. The Morgan fingerprint density at radius 2 is 2.15 bits per heavy atom. The van der Waals surface area contributed by atoms with Crippen LogP contribution in [-0.2, 0) is 19.4 Å². The SMILES string of the molecule is COc1ccccc1N1C(=NC(=O)[C@@H]2CCCO2)S[C@H]2CS(=O)(=O)C[C@@H]21. The van der Waals surface area contributed by atoms with Crippen LogP contribution in [0.1, 0.15) is 12.8 Å². The lowest BCUT2D eigenvalue weighted by Crippen LogP contribution is -2.38. The average Bonchev–Trinajstić information content (AvgIpc) is 3.29. The zero-order valence-corrected chi connectivity index (χ0v) is 16.0. The molecular formula is C17H20N2O5S2. The van der Waals surface area contributed by atoms with Gasteiger partial charge in [-0.3, -0.25) is 4.79 Å². The molecule has 3 heterocycles. The van der Waals surface area contributed by atoms with Crippen molar-refractivity contribution in [3.05, 3.63) is 24.3 Å². The predicted molar refractivity (Wildman–Crippen MR) is 101 cm³/mol. The summed E-state index contributed by atoms with van der Waals surface area (Å²) in [7, 11) is -1.53. The molecule has 0 aromatic heterocycles. The largest absolute Gasteiger partial charge is 0.495 e. The molecule has 0 N–H and O–H groups in total. The maximum atomic E-state index is 12.5. The summed E-state index contributed by atoms with van der Waals surface area (Å²) in [6.45, 7) is 0.577. The van der Waals surface area contributed by atoms with Crippen LogP contribution in [0.4, 0.5) is 5.69 Å². The number of nitrogens with zero attached hydrogens (tertiary/aromatic N) is 2. The van der Waals surface area contributed by atoms with Gasteiger partial charge in [-0.25, -0.2) is 8.42 Å². The Morgan fingerprint density at radius 1 is 1.35 bits per heavy atom. The lowest BCUT2D eigenvalue weighted by molar-refractivity contribution is -0.126. The van der Waals surface area contributed by atoms with Crippen molar-refractivity contribution in [1.82, 2.24) is 0 Å². The van der Waals surface area contributed by atoms with E-state index >= 15 is 0 Å². The Balaban J connectivity index is 1.72. The van der Waals surface area contributed by atoms with Gasteiger partial charge in [0.2, 0.25) is 0 Å². The highest BCUT2D eigenvalue weighted by molar-refractivity contribution is 8.16. The third-order valence-corrected chi connectivity index (χ3v) is 8.03. The van der Waals surface area contributed by atoms with Crippen LogP contribution in [0.15, 0.2) is 29.3 Å². The molecule has 3 aliphatic heterocycles. The van der Waals surface area contributed by atoms with Gasteiger partial charge in [0.05, 0.1) is 30.3 Å². The van der Waals surface area contributed by atoms with E-state index in [9.17, 15) is 13.2 Å². The topological polar surface area (TPSA) is 85.3 Å². The van der Waals surface area contributed by atoms with Crippen LogP contribution >= 0.6 is 11.8 Å². The van der Waals surface area contributed by atoms with Crippen LogP contribution in [0.2, 0.25) is 0 Å². The second-order valence-corrected chi connectivity index (χ2v) is 9.94. The molecule has 3 atom stereocenters. The number of hydrogen-bond donors (Lipinski definition) is 0. The minimum atomic E-state index is -3.10. The number of thioether (sulfide) groups is 1. The second-order valence-electron chi connectivity index (χ2n) is 6.58. The van der Waals surface area contributed by atoms with Crippen molar-refractivity contribution >= 4 is 38.4 Å². The monoisotopic (exact) mass is 396 g/mol. The molecule has 26 heavy (non-hydrogen) atoms. The molecule has 0 unspecified atom stereocenters. The van der Waals surface area contributed by atoms with E-state index in [1.165, 1.54) is 11.8 Å². The van der Waals surface area contributed by atoms with Gasteiger partial charge < -0.3 is 14.4 Å². The van der Waals surface area contributed by atoms with E-state index in [4.69, 9.17) is 9.47 Å². The summed E-state index contributed by atoms with van der Waals surface area (Å²) < 4.78 is 35.1. The number of amidine groups is 1. The number of rotatable bonds is 3. The first-order valence-corrected chi connectivity index (χ1v) is 11.2. The molecule has 3 fully saturated rings. The number of aliphatic imine (C=N–C) groups is 1. The predicted octanol–water partition coefficient (Wildman–Crippen LogP) is 1.48. The van der Waals surface area contributed by atoms with Crippen molar-refractivity contribution in [3.8, 4) is 5.75 Å². The van der Waals surface area contributed by atoms with Gasteiger partial charge in [-0.15, -0.1) is 0 Å². The number of para-hydroxylation sites is 2. The summed E-state index contributed by atoms with van der Waals surface area (Å²) in [5.74, 6) is 0.472. The molecule has 0 bridgehead atoms. The van der Waals surface area contributed by atoms with Crippen LogP contribution in [0.5, 0.6) is 5.75 Å². The number of anilines is 1. The van der Waals surface area contributed by atoms with Crippen molar-refractivity contribution in [2.45, 2.75) is 30.2 Å². The maximum absolute atomic E-state index is 12.5. The Hall–Kier alpha value is -1.58. The highest BCUT2D eigenvalue weighted by Gasteiger charge is 2.50. The second kappa shape index (κ2) is 6.86. The molecule has 1 amide bonds. The van der Waals surface area contributed by atoms with E-state index in [0.29, 0.717) is 23.9 Å². The minimum absolute atomic E-state index is 0.0514. The summed E-state index contributed by atoms with van der Waals surface area (Å²) in [6, 6.07) is 7.13.